The molecule has 174 valence electrons. The third-order valence-corrected chi connectivity index (χ3v) is 8.99. The molecular weight excluding hydrogens is 456 g/mol. The Labute approximate surface area is 201 Å². The Bertz CT molecular complexity index is 1110. The van der Waals surface area contributed by atoms with Gasteiger partial charge in [-0.25, -0.2) is 4.79 Å². The van der Waals surface area contributed by atoms with Gasteiger partial charge in [0.05, 0.1) is 25.0 Å². The van der Waals surface area contributed by atoms with Gasteiger partial charge in [-0.1, -0.05) is 24.8 Å². The fraction of sp³-hybridized carbons (Fsp3) is 0.458. The van der Waals surface area contributed by atoms with Crippen LogP contribution in [-0.2, 0) is 17.8 Å². The van der Waals surface area contributed by atoms with E-state index in [4.69, 9.17) is 0 Å². The second-order valence-electron chi connectivity index (χ2n) is 8.85. The molecule has 9 heteroatoms. The zero-order valence-electron chi connectivity index (χ0n) is 18.4. The number of urea groups is 1. The van der Waals surface area contributed by atoms with Gasteiger partial charge in [0.15, 0.2) is 5.69 Å². The molecule has 4 heterocycles. The molecule has 0 saturated carbocycles. The number of fused-ring (bicyclic) bond motifs is 3. The van der Waals surface area contributed by atoms with Crippen LogP contribution in [0.1, 0.15) is 36.9 Å². The number of pyridine rings is 1. The number of nitrogens with one attached hydrogen (secondary N) is 2. The molecule has 0 radical (unpaired) electrons. The van der Waals surface area contributed by atoms with Crippen LogP contribution in [-0.4, -0.2) is 46.5 Å². The fourth-order valence-corrected chi connectivity index (χ4v) is 7.16. The molecule has 0 aliphatic carbocycles. The Morgan fingerprint density at radius 2 is 2.21 bits per heavy atom. The molecule has 1 aromatic carbocycles. The molecule has 2 aromatic rings. The molecule has 3 unspecified atom stereocenters. The van der Waals surface area contributed by atoms with Gasteiger partial charge in [0.2, 0.25) is 11.4 Å². The van der Waals surface area contributed by atoms with E-state index in [0.717, 1.165) is 51.3 Å². The highest BCUT2D eigenvalue weighted by Crippen LogP contribution is 2.33. The lowest BCUT2D eigenvalue weighted by Crippen LogP contribution is -2.43. The third-order valence-electron chi connectivity index (χ3n) is 6.79. The maximum atomic E-state index is 13.0. The Hall–Kier alpha value is -2.39. The van der Waals surface area contributed by atoms with Crippen molar-refractivity contribution in [1.29, 1.82) is 0 Å². The Balaban J connectivity index is 1.16. The minimum absolute atomic E-state index is 0.0564. The molecule has 3 aliphatic heterocycles. The first-order chi connectivity index (χ1) is 16.0. The molecule has 3 aliphatic rings. The highest BCUT2D eigenvalue weighted by Gasteiger charge is 2.42. The number of benzene rings is 1. The van der Waals surface area contributed by atoms with Gasteiger partial charge < -0.3 is 20.7 Å². The van der Waals surface area contributed by atoms with Crippen LogP contribution in [0.15, 0.2) is 41.1 Å². The summed E-state index contributed by atoms with van der Waals surface area (Å²) < 4.78 is 1.04. The number of thioether (sulfide) groups is 2. The van der Waals surface area contributed by atoms with Crippen molar-refractivity contribution in [1.82, 2.24) is 15.5 Å². The number of carbonyl (C=O) groups excluding carboxylic acids is 2. The summed E-state index contributed by atoms with van der Waals surface area (Å²) >= 11 is 3.41. The lowest BCUT2D eigenvalue weighted by molar-refractivity contribution is -0.587. The van der Waals surface area contributed by atoms with Gasteiger partial charge in [-0.2, -0.15) is 16.5 Å². The van der Waals surface area contributed by atoms with Gasteiger partial charge in [0.25, 0.3) is 0 Å². The van der Waals surface area contributed by atoms with E-state index in [2.05, 4.69) is 23.3 Å². The van der Waals surface area contributed by atoms with Crippen molar-refractivity contribution in [3.05, 3.63) is 52.7 Å². The van der Waals surface area contributed by atoms with E-state index in [1.54, 1.807) is 5.41 Å². The molecule has 5 rings (SSSR count). The maximum absolute atomic E-state index is 13.0. The minimum atomic E-state index is -0.0564. The van der Waals surface area contributed by atoms with E-state index in [0.29, 0.717) is 36.7 Å². The summed E-state index contributed by atoms with van der Waals surface area (Å²) in [5.41, 5.74) is 2.38. The van der Waals surface area contributed by atoms with Crippen molar-refractivity contribution in [3.63, 3.8) is 0 Å². The molecule has 2 saturated heterocycles. The largest absolute Gasteiger partial charge is 0.618 e. The summed E-state index contributed by atoms with van der Waals surface area (Å²) in [7, 11) is 0. The number of hydrogen-bond donors (Lipinski definition) is 2. The van der Waals surface area contributed by atoms with Crippen molar-refractivity contribution in [2.75, 3.05) is 12.3 Å². The van der Waals surface area contributed by atoms with Gasteiger partial charge in [0.1, 0.15) is 0 Å². The number of aromatic nitrogens is 1. The molecule has 33 heavy (non-hydrogen) atoms. The molecule has 7 nitrogen and oxygen atoms in total. The third kappa shape index (κ3) is 4.53. The van der Waals surface area contributed by atoms with Crippen LogP contribution in [0.4, 0.5) is 4.79 Å². The number of amides is 3. The molecular formula is C24H28N4O3S2. The maximum Gasteiger partial charge on any atom is 0.315 e. The summed E-state index contributed by atoms with van der Waals surface area (Å²) in [6.07, 6.45) is 3.94. The summed E-state index contributed by atoms with van der Waals surface area (Å²) in [6.45, 7) is 4.82. The van der Waals surface area contributed by atoms with Gasteiger partial charge >= 0.3 is 6.03 Å². The van der Waals surface area contributed by atoms with Gasteiger partial charge in [0, 0.05) is 45.9 Å². The van der Waals surface area contributed by atoms with Crippen LogP contribution >= 0.6 is 23.5 Å². The van der Waals surface area contributed by atoms with Crippen molar-refractivity contribution >= 4 is 46.4 Å². The SMILES string of the molecule is C=CSc1ccc2cc3c([n+]([O-])c2c1)CCN(C(=O)CCCCC1SCC2NC(=O)NC21)C3. The van der Waals surface area contributed by atoms with Gasteiger partial charge in [-0.3, -0.25) is 4.79 Å². The highest BCUT2D eigenvalue weighted by atomic mass is 32.2. The smallest absolute Gasteiger partial charge is 0.315 e. The summed E-state index contributed by atoms with van der Waals surface area (Å²) in [5, 5.41) is 22.1. The number of carbonyl (C=O) groups is 2. The number of unbranched alkanes of at least 4 members (excludes halogenated alkanes) is 1. The fourth-order valence-electron chi connectivity index (χ4n) is 5.10. The first kappa shape index (κ1) is 22.4. The average molecular weight is 485 g/mol. The van der Waals surface area contributed by atoms with E-state index < -0.39 is 0 Å². The number of hydrogen-bond acceptors (Lipinski definition) is 5. The molecule has 3 amide bonds. The lowest BCUT2D eigenvalue weighted by Gasteiger charge is -2.28. The molecule has 2 N–H and O–H groups in total. The van der Waals surface area contributed by atoms with Crippen molar-refractivity contribution < 1.29 is 14.3 Å². The van der Waals surface area contributed by atoms with E-state index in [1.807, 2.05) is 34.9 Å². The Morgan fingerprint density at radius 1 is 1.33 bits per heavy atom. The van der Waals surface area contributed by atoms with Crippen molar-refractivity contribution in [2.24, 2.45) is 0 Å². The normalized spacial score (nSPS) is 23.7. The van der Waals surface area contributed by atoms with Crippen LogP contribution in [0, 0.1) is 5.21 Å². The first-order valence-electron chi connectivity index (χ1n) is 11.5. The first-order valence-corrected chi connectivity index (χ1v) is 13.4. The van der Waals surface area contributed by atoms with E-state index in [-0.39, 0.29) is 24.0 Å². The highest BCUT2D eigenvalue weighted by molar-refractivity contribution is 8.02. The minimum Gasteiger partial charge on any atom is -0.618 e. The summed E-state index contributed by atoms with van der Waals surface area (Å²) in [6, 6.07) is 8.32. The summed E-state index contributed by atoms with van der Waals surface area (Å²) in [5.74, 6) is 1.12. The Morgan fingerprint density at radius 3 is 3.06 bits per heavy atom. The zero-order valence-corrected chi connectivity index (χ0v) is 20.1. The molecule has 2 fully saturated rings. The zero-order chi connectivity index (χ0) is 22.9. The van der Waals surface area contributed by atoms with Gasteiger partial charge in [-0.05, 0) is 36.4 Å². The average Bonchev–Trinajstić information content (AvgIpc) is 3.36. The monoisotopic (exact) mass is 484 g/mol. The second kappa shape index (κ2) is 9.46. The van der Waals surface area contributed by atoms with Gasteiger partial charge in [-0.15, -0.1) is 0 Å². The Kier molecular flexibility index (Phi) is 6.42. The van der Waals surface area contributed by atoms with E-state index >= 15 is 0 Å². The summed E-state index contributed by atoms with van der Waals surface area (Å²) in [4.78, 5) is 27.2. The van der Waals surface area contributed by atoms with Crippen LogP contribution in [0.5, 0.6) is 0 Å². The predicted molar refractivity (Wildman–Crippen MR) is 132 cm³/mol. The molecule has 0 spiro atoms. The second-order valence-corrected chi connectivity index (χ2v) is 11.2. The number of nitrogens with zero attached hydrogens (tertiary/aromatic N) is 2. The lowest BCUT2D eigenvalue weighted by atomic mass is 10.0. The molecule has 3 atom stereocenters. The van der Waals surface area contributed by atoms with Crippen LogP contribution in [0.25, 0.3) is 10.9 Å². The van der Waals surface area contributed by atoms with Crippen LogP contribution in [0.2, 0.25) is 0 Å². The standard InChI is InChI=1S/C24H28N4O3S2/c1-2-32-17-8-7-15-11-16-13-27(10-9-19(16)28(31)20(15)12-17)22(29)6-4-3-5-21-23-18(14-33-21)25-24(30)26-23/h2,7-8,11-12,18,21,23H,1,3-6,9-10,13-14H2,(H2,25,26,30). The predicted octanol–water partition coefficient (Wildman–Crippen LogP) is 3.32. The van der Waals surface area contributed by atoms with E-state index in [1.165, 1.54) is 11.8 Å². The number of rotatable bonds is 7. The molecule has 1 aromatic heterocycles. The van der Waals surface area contributed by atoms with Crippen LogP contribution in [0.3, 0.4) is 0 Å². The molecule has 0 bridgehead atoms. The quantitative estimate of drug-likeness (QED) is 0.207. The van der Waals surface area contributed by atoms with Crippen molar-refractivity contribution in [2.45, 2.75) is 60.9 Å². The topological polar surface area (TPSA) is 88.4 Å². The van der Waals surface area contributed by atoms with Crippen LogP contribution < -0.4 is 15.4 Å². The van der Waals surface area contributed by atoms with E-state index in [9.17, 15) is 14.8 Å². The van der Waals surface area contributed by atoms with Crippen molar-refractivity contribution in [3.8, 4) is 0 Å².